The van der Waals surface area contributed by atoms with Crippen molar-refractivity contribution in [3.05, 3.63) is 12.7 Å². The van der Waals surface area contributed by atoms with Crippen molar-refractivity contribution in [1.82, 2.24) is 0 Å². The van der Waals surface area contributed by atoms with Gasteiger partial charge < -0.3 is 0 Å². The van der Waals surface area contributed by atoms with Gasteiger partial charge in [-0.25, -0.2) is 0 Å². The molecule has 0 saturated carbocycles. The zero-order valence-corrected chi connectivity index (χ0v) is 12.8. The van der Waals surface area contributed by atoms with E-state index in [0.29, 0.717) is 5.88 Å². The Kier molecular flexibility index (Phi) is 31.7. The topological polar surface area (TPSA) is 0 Å². The average molecular weight is 380 g/mol. The van der Waals surface area contributed by atoms with Crippen LogP contribution in [0.4, 0.5) is 0 Å². The smallest absolute Gasteiger partial charge is 0.125 e. The second-order valence-electron chi connectivity index (χ2n) is 1.61. The predicted octanol–water partition coefficient (Wildman–Crippen LogP) is 6.63. The third-order valence-electron chi connectivity index (χ3n) is 0.600. The molecule has 0 spiro atoms. The molecule has 0 radical (unpaired) electrons. The molecule has 0 aliphatic rings. The van der Waals surface area contributed by atoms with Gasteiger partial charge >= 0.3 is 0 Å². The summed E-state index contributed by atoms with van der Waals surface area (Å²) in [6.07, 6.45) is 1.64. The first kappa shape index (κ1) is 25.8. The highest BCUT2D eigenvalue weighted by Gasteiger charge is 2.29. The van der Waals surface area contributed by atoms with E-state index in [1.54, 1.807) is 6.08 Å². The zero-order valence-electron chi connectivity index (χ0n) is 6.80. The van der Waals surface area contributed by atoms with Crippen LogP contribution in [0.15, 0.2) is 12.7 Å². The summed E-state index contributed by atoms with van der Waals surface area (Å²) < 4.78 is -1.44. The molecule has 0 saturated heterocycles. The predicted molar refractivity (Wildman–Crippen MR) is 80.0 cm³/mol. The third kappa shape index (κ3) is 26.0. The van der Waals surface area contributed by atoms with Crippen LogP contribution in [0.3, 0.4) is 0 Å². The van der Waals surface area contributed by atoms with Crippen LogP contribution >= 0.6 is 91.3 Å². The maximum atomic E-state index is 5.41. The molecule has 15 heavy (non-hydrogen) atoms. The Hall–Kier alpha value is 2.06. The largest absolute Gasteiger partial charge is 0.207 e. The lowest BCUT2D eigenvalue weighted by Crippen LogP contribution is -2.20. The maximum absolute atomic E-state index is 5.41. The highest BCUT2D eigenvalue weighted by atomic mass is 36.5. The van der Waals surface area contributed by atoms with Crippen LogP contribution in [0.5, 0.6) is 0 Å². The van der Waals surface area contributed by atoms with Crippen LogP contribution in [-0.2, 0) is 0 Å². The second kappa shape index (κ2) is 18.4. The minimum Gasteiger partial charge on any atom is -0.125 e. The third-order valence-corrected chi connectivity index (χ3v) is 2.89. The van der Waals surface area contributed by atoms with E-state index in [0.717, 1.165) is 0 Å². The van der Waals surface area contributed by atoms with E-state index in [9.17, 15) is 0 Å². The molecular weight excluding hydrogens is 368 g/mol. The van der Waals surface area contributed by atoms with Gasteiger partial charge in [0.1, 0.15) is 0 Å². The Morgan fingerprint density at radius 1 is 1.13 bits per heavy atom. The van der Waals surface area contributed by atoms with Crippen molar-refractivity contribution < 1.29 is 0 Å². The van der Waals surface area contributed by atoms with Gasteiger partial charge in [0.05, 0.1) is 5.38 Å². The summed E-state index contributed by atoms with van der Waals surface area (Å²) in [6.45, 7) is 3.35. The van der Waals surface area contributed by atoms with Crippen LogP contribution in [0.2, 0.25) is 0 Å². The molecule has 0 aromatic heterocycles. The molecule has 0 fully saturated rings. The fraction of sp³-hybridized carbons (Fsp3) is 0.714. The van der Waals surface area contributed by atoms with Gasteiger partial charge in [-0.05, 0) is 0 Å². The van der Waals surface area contributed by atoms with E-state index >= 15 is 0 Å². The van der Waals surface area contributed by atoms with Crippen molar-refractivity contribution in [2.24, 2.45) is 0 Å². The average Bonchev–Trinajstić information content (AvgIpc) is 2.18. The standard InChI is InChI=1S/C3H3Cl5.C3H5Cl.CH4.Cl2/c4-1-2(5)3(6,7)8;1-2-3-4;;1-2/h2H,1H2;2H,1,3H2;1H4;. The van der Waals surface area contributed by atoms with E-state index < -0.39 is 9.17 Å². The molecule has 1 atom stereocenters. The fourth-order valence-corrected chi connectivity index (χ4v) is 0.787. The van der Waals surface area contributed by atoms with E-state index in [-0.39, 0.29) is 13.3 Å². The zero-order chi connectivity index (χ0) is 12.2. The summed E-state index contributed by atoms with van der Waals surface area (Å²) in [5, 5.41) is -0.617. The molecular formula is C7H12Cl8. The maximum Gasteiger partial charge on any atom is 0.207 e. The van der Waals surface area contributed by atoms with Crippen molar-refractivity contribution >= 4 is 91.3 Å². The van der Waals surface area contributed by atoms with Crippen LogP contribution < -0.4 is 0 Å². The summed E-state index contributed by atoms with van der Waals surface area (Å²) in [7, 11) is 8.22. The van der Waals surface area contributed by atoms with Gasteiger partial charge in [0.15, 0.2) is 0 Å². The van der Waals surface area contributed by atoms with Gasteiger partial charge in [0, 0.05) is 33.5 Å². The lowest BCUT2D eigenvalue weighted by molar-refractivity contribution is 0.993. The first-order valence-electron chi connectivity index (χ1n) is 2.98. The van der Waals surface area contributed by atoms with Crippen LogP contribution in [0.25, 0.3) is 0 Å². The summed E-state index contributed by atoms with van der Waals surface area (Å²) >= 11 is 31.6. The van der Waals surface area contributed by atoms with Crippen molar-refractivity contribution in [3.63, 3.8) is 0 Å². The van der Waals surface area contributed by atoms with E-state index in [1.165, 1.54) is 0 Å². The molecule has 0 heterocycles. The first-order valence-corrected chi connectivity index (χ1v) is 6.76. The molecule has 0 amide bonds. The molecule has 0 aliphatic heterocycles. The van der Waals surface area contributed by atoms with E-state index in [2.05, 4.69) is 28.3 Å². The van der Waals surface area contributed by atoms with Gasteiger partial charge in [-0.15, -0.1) is 41.4 Å². The number of halogens is 8. The molecule has 0 nitrogen and oxygen atoms in total. The minimum atomic E-state index is -1.44. The quantitative estimate of drug-likeness (QED) is 0.373. The second-order valence-corrected chi connectivity index (χ2v) is 5.12. The number of hydrogen-bond donors (Lipinski definition) is 0. The molecule has 8 heteroatoms. The molecule has 0 aliphatic carbocycles. The molecule has 0 rings (SSSR count). The fourth-order valence-electron chi connectivity index (χ4n) is 0.0875. The number of hydrogen-bond acceptors (Lipinski definition) is 0. The first-order chi connectivity index (χ1) is 6.40. The van der Waals surface area contributed by atoms with Gasteiger partial charge in [0.2, 0.25) is 3.79 Å². The number of alkyl halides is 6. The summed E-state index contributed by atoms with van der Waals surface area (Å²) in [5.74, 6) is 0.693. The molecule has 0 N–H and O–H groups in total. The van der Waals surface area contributed by atoms with Crippen LogP contribution in [-0.4, -0.2) is 20.9 Å². The number of allylic oxidation sites excluding steroid dienone is 1. The SMILES string of the molecule is C.C=CCCl.ClCC(Cl)C(Cl)(Cl)Cl.ClCl. The Morgan fingerprint density at radius 2 is 1.40 bits per heavy atom. The lowest BCUT2D eigenvalue weighted by Gasteiger charge is -2.13. The van der Waals surface area contributed by atoms with E-state index in [4.69, 9.17) is 69.6 Å². The highest BCUT2D eigenvalue weighted by Crippen LogP contribution is 2.34. The summed E-state index contributed by atoms with van der Waals surface area (Å²) in [6, 6.07) is 0. The van der Waals surface area contributed by atoms with Gasteiger partial charge in [-0.2, -0.15) is 0 Å². The summed E-state index contributed by atoms with van der Waals surface area (Å²) in [4.78, 5) is 0. The van der Waals surface area contributed by atoms with Gasteiger partial charge in [0.25, 0.3) is 0 Å². The van der Waals surface area contributed by atoms with Gasteiger partial charge in [-0.1, -0.05) is 48.3 Å². The van der Waals surface area contributed by atoms with Crippen molar-refractivity contribution in [3.8, 4) is 0 Å². The van der Waals surface area contributed by atoms with Crippen LogP contribution in [0.1, 0.15) is 7.43 Å². The Morgan fingerprint density at radius 3 is 1.40 bits per heavy atom. The van der Waals surface area contributed by atoms with Crippen LogP contribution in [0, 0.1) is 0 Å². The molecule has 96 valence electrons. The minimum absolute atomic E-state index is 0. The van der Waals surface area contributed by atoms with Crippen molar-refractivity contribution in [2.45, 2.75) is 16.6 Å². The van der Waals surface area contributed by atoms with Crippen molar-refractivity contribution in [2.75, 3.05) is 11.8 Å². The summed E-state index contributed by atoms with van der Waals surface area (Å²) in [5.41, 5.74) is 0. The molecule has 0 aromatic rings. The normalized spacial score (nSPS) is 10.7. The molecule has 1 unspecified atom stereocenters. The van der Waals surface area contributed by atoms with Crippen molar-refractivity contribution in [1.29, 1.82) is 0 Å². The van der Waals surface area contributed by atoms with E-state index in [1.807, 2.05) is 0 Å². The Labute approximate surface area is 131 Å². The highest BCUT2D eigenvalue weighted by molar-refractivity contribution is 6.85. The lowest BCUT2D eigenvalue weighted by atomic mass is 10.5. The Bertz CT molecular complexity index is 110. The van der Waals surface area contributed by atoms with Gasteiger partial charge in [-0.3, -0.25) is 0 Å². The molecule has 0 bridgehead atoms. The monoisotopic (exact) mass is 376 g/mol. The Balaban J connectivity index is -0.0000000742. The molecule has 0 aromatic carbocycles. The number of rotatable bonds is 2.